The summed E-state index contributed by atoms with van der Waals surface area (Å²) in [4.78, 5) is 4.73. The molecule has 0 radical (unpaired) electrons. The normalized spacial score (nSPS) is 11.0. The van der Waals surface area contributed by atoms with E-state index in [9.17, 15) is 0 Å². The molecule has 0 unspecified atom stereocenters. The van der Waals surface area contributed by atoms with E-state index in [0.717, 1.165) is 35.5 Å². The van der Waals surface area contributed by atoms with E-state index in [2.05, 4.69) is 50.3 Å². The smallest absolute Gasteiger partial charge is 0.241 e. The minimum Gasteiger partial charge on any atom is -0.470 e. The number of benzene rings is 2. The number of anilines is 1. The van der Waals surface area contributed by atoms with Crippen molar-refractivity contribution in [2.45, 2.75) is 26.5 Å². The summed E-state index contributed by atoms with van der Waals surface area (Å²) in [5, 5.41) is 15.9. The van der Waals surface area contributed by atoms with Gasteiger partial charge in [0.1, 0.15) is 6.61 Å². The third-order valence-electron chi connectivity index (χ3n) is 5.11. The van der Waals surface area contributed by atoms with Gasteiger partial charge in [-0.2, -0.15) is 5.10 Å². The Morgan fingerprint density at radius 2 is 1.65 bits per heavy atom. The lowest BCUT2D eigenvalue weighted by Gasteiger charge is -2.12. The number of hydrogen-bond donors (Lipinski definition) is 2. The van der Waals surface area contributed by atoms with Crippen molar-refractivity contribution in [2.75, 3.05) is 12.0 Å². The van der Waals surface area contributed by atoms with Crippen LogP contribution in [0, 0.1) is 0 Å². The standard InChI is InChI=1S/C27H28N6O/c1-2-29-31-26-18-25(22-12-7-4-8-13-22)27(33-32-26)34-20-24-15-9-14-23(30-24)19-28-17-16-21-10-5-3-6-11-21/h2-15,18,28H,16-17,19-20H2,1H3,(H,31,32)/b29-2+. The van der Waals surface area contributed by atoms with E-state index >= 15 is 0 Å². The molecule has 172 valence electrons. The summed E-state index contributed by atoms with van der Waals surface area (Å²) in [7, 11) is 0. The molecular formula is C27H28N6O. The molecule has 0 aliphatic heterocycles. The van der Waals surface area contributed by atoms with Gasteiger partial charge in [0.25, 0.3) is 0 Å². The minimum absolute atomic E-state index is 0.298. The van der Waals surface area contributed by atoms with Crippen molar-refractivity contribution in [1.82, 2.24) is 20.5 Å². The molecule has 0 bridgehead atoms. The Morgan fingerprint density at radius 1 is 0.882 bits per heavy atom. The van der Waals surface area contributed by atoms with Gasteiger partial charge in [-0.15, -0.1) is 10.2 Å². The first-order valence-electron chi connectivity index (χ1n) is 11.3. The van der Waals surface area contributed by atoms with E-state index in [0.29, 0.717) is 24.8 Å². The zero-order chi connectivity index (χ0) is 23.4. The summed E-state index contributed by atoms with van der Waals surface area (Å²) in [6.45, 7) is 3.72. The third kappa shape index (κ3) is 6.70. The van der Waals surface area contributed by atoms with E-state index < -0.39 is 0 Å². The molecule has 0 aliphatic carbocycles. The van der Waals surface area contributed by atoms with E-state index in [4.69, 9.17) is 9.72 Å². The quantitative estimate of drug-likeness (QED) is 0.192. The van der Waals surface area contributed by atoms with Crippen molar-refractivity contribution in [3.05, 3.63) is 102 Å². The van der Waals surface area contributed by atoms with Crippen LogP contribution in [0.15, 0.2) is 90.0 Å². The lowest BCUT2D eigenvalue weighted by atomic mass is 10.1. The molecule has 34 heavy (non-hydrogen) atoms. The van der Waals surface area contributed by atoms with Crippen molar-refractivity contribution in [2.24, 2.45) is 5.10 Å². The molecule has 2 aromatic heterocycles. The van der Waals surface area contributed by atoms with Crippen LogP contribution in [-0.2, 0) is 19.6 Å². The largest absolute Gasteiger partial charge is 0.470 e. The van der Waals surface area contributed by atoms with Gasteiger partial charge in [-0.3, -0.25) is 10.4 Å². The number of pyridine rings is 1. The molecule has 0 aliphatic rings. The summed E-state index contributed by atoms with van der Waals surface area (Å²) in [5.41, 5.74) is 7.82. The fourth-order valence-corrected chi connectivity index (χ4v) is 3.44. The Labute approximate surface area is 199 Å². The molecule has 0 saturated carbocycles. The second kappa shape index (κ2) is 12.2. The monoisotopic (exact) mass is 452 g/mol. The maximum absolute atomic E-state index is 6.05. The van der Waals surface area contributed by atoms with Crippen LogP contribution < -0.4 is 15.5 Å². The first-order chi connectivity index (χ1) is 16.8. The van der Waals surface area contributed by atoms with Crippen LogP contribution in [0.5, 0.6) is 5.88 Å². The first kappa shape index (κ1) is 23.1. The highest BCUT2D eigenvalue weighted by Gasteiger charge is 2.12. The summed E-state index contributed by atoms with van der Waals surface area (Å²) in [5.74, 6) is 0.997. The molecule has 4 rings (SSSR count). The fraction of sp³-hybridized carbons (Fsp3) is 0.185. The molecule has 0 spiro atoms. The molecule has 0 amide bonds. The van der Waals surface area contributed by atoms with Gasteiger partial charge in [0.15, 0.2) is 5.82 Å². The summed E-state index contributed by atoms with van der Waals surface area (Å²) >= 11 is 0. The van der Waals surface area contributed by atoms with E-state index in [1.807, 2.05) is 67.6 Å². The first-order valence-corrected chi connectivity index (χ1v) is 11.3. The summed E-state index contributed by atoms with van der Waals surface area (Å²) in [6.07, 6.45) is 2.64. The van der Waals surface area contributed by atoms with Gasteiger partial charge in [0.2, 0.25) is 5.88 Å². The lowest BCUT2D eigenvalue weighted by Crippen LogP contribution is -2.18. The van der Waals surface area contributed by atoms with Gasteiger partial charge < -0.3 is 10.1 Å². The lowest BCUT2D eigenvalue weighted by molar-refractivity contribution is 0.287. The fourth-order valence-electron chi connectivity index (χ4n) is 3.44. The van der Waals surface area contributed by atoms with Crippen LogP contribution in [0.3, 0.4) is 0 Å². The van der Waals surface area contributed by atoms with Crippen molar-refractivity contribution in [1.29, 1.82) is 0 Å². The predicted molar refractivity (Wildman–Crippen MR) is 136 cm³/mol. The van der Waals surface area contributed by atoms with Crippen LogP contribution in [0.25, 0.3) is 11.1 Å². The number of nitrogens with zero attached hydrogens (tertiary/aromatic N) is 4. The number of ether oxygens (including phenoxy) is 1. The molecule has 0 fully saturated rings. The topological polar surface area (TPSA) is 84.3 Å². The summed E-state index contributed by atoms with van der Waals surface area (Å²) in [6, 6.07) is 28.3. The minimum atomic E-state index is 0.298. The Hall–Kier alpha value is -4.10. The third-order valence-corrected chi connectivity index (χ3v) is 5.11. The number of hydrogen-bond acceptors (Lipinski definition) is 7. The maximum Gasteiger partial charge on any atom is 0.241 e. The molecule has 0 saturated heterocycles. The van der Waals surface area contributed by atoms with Crippen LogP contribution in [0.2, 0.25) is 0 Å². The molecule has 2 aromatic carbocycles. The van der Waals surface area contributed by atoms with Gasteiger partial charge in [-0.1, -0.05) is 66.7 Å². The predicted octanol–water partition coefficient (Wildman–Crippen LogP) is 4.87. The summed E-state index contributed by atoms with van der Waals surface area (Å²) < 4.78 is 6.05. The average Bonchev–Trinajstić information content (AvgIpc) is 2.90. The molecule has 2 N–H and O–H groups in total. The average molecular weight is 453 g/mol. The van der Waals surface area contributed by atoms with E-state index in [-0.39, 0.29) is 0 Å². The van der Waals surface area contributed by atoms with Crippen LogP contribution >= 0.6 is 0 Å². The molecule has 2 heterocycles. The Morgan fingerprint density at radius 3 is 2.44 bits per heavy atom. The number of nitrogens with one attached hydrogen (secondary N) is 2. The molecule has 7 nitrogen and oxygen atoms in total. The van der Waals surface area contributed by atoms with Gasteiger partial charge in [-0.05, 0) is 49.2 Å². The number of aromatic nitrogens is 3. The highest BCUT2D eigenvalue weighted by molar-refractivity contribution is 5.71. The van der Waals surface area contributed by atoms with Gasteiger partial charge in [0.05, 0.1) is 11.4 Å². The second-order valence-corrected chi connectivity index (χ2v) is 7.63. The SMILES string of the molecule is C/C=N/Nc1cc(-c2ccccc2)c(OCc2cccc(CNCCc3ccccc3)n2)nn1. The van der Waals surface area contributed by atoms with E-state index in [1.54, 1.807) is 6.21 Å². The van der Waals surface area contributed by atoms with Gasteiger partial charge in [-0.25, -0.2) is 0 Å². The Balaban J connectivity index is 1.39. The zero-order valence-electron chi connectivity index (χ0n) is 19.2. The number of rotatable bonds is 11. The van der Waals surface area contributed by atoms with Crippen molar-refractivity contribution in [3.63, 3.8) is 0 Å². The van der Waals surface area contributed by atoms with Crippen LogP contribution in [0.1, 0.15) is 23.9 Å². The Kier molecular flexibility index (Phi) is 8.29. The zero-order valence-corrected chi connectivity index (χ0v) is 19.2. The molecule has 7 heteroatoms. The Bertz CT molecular complexity index is 1200. The van der Waals surface area contributed by atoms with Crippen molar-refractivity contribution < 1.29 is 4.74 Å². The highest BCUT2D eigenvalue weighted by atomic mass is 16.5. The molecular weight excluding hydrogens is 424 g/mol. The maximum atomic E-state index is 6.05. The second-order valence-electron chi connectivity index (χ2n) is 7.63. The van der Waals surface area contributed by atoms with Crippen LogP contribution in [-0.4, -0.2) is 27.9 Å². The number of hydrazone groups is 1. The van der Waals surface area contributed by atoms with Crippen LogP contribution in [0.4, 0.5) is 5.82 Å². The van der Waals surface area contributed by atoms with Crippen molar-refractivity contribution >= 4 is 12.0 Å². The van der Waals surface area contributed by atoms with E-state index in [1.165, 1.54) is 5.56 Å². The highest BCUT2D eigenvalue weighted by Crippen LogP contribution is 2.29. The van der Waals surface area contributed by atoms with Gasteiger partial charge in [0, 0.05) is 18.3 Å². The molecule has 4 aromatic rings. The van der Waals surface area contributed by atoms with Gasteiger partial charge >= 0.3 is 0 Å². The van der Waals surface area contributed by atoms with Crippen molar-refractivity contribution in [3.8, 4) is 17.0 Å². The molecule has 0 atom stereocenters.